The predicted octanol–water partition coefficient (Wildman–Crippen LogP) is 2.19. The number of carbonyl (C=O) groups excluding carboxylic acids is 1. The summed E-state index contributed by atoms with van der Waals surface area (Å²) in [6.45, 7) is 4.21. The Morgan fingerprint density at radius 2 is 2.31 bits per heavy atom. The number of aliphatic hydroxyl groups excluding tert-OH is 1. The molecule has 0 aliphatic carbocycles. The van der Waals surface area contributed by atoms with Crippen LogP contribution in [0.3, 0.4) is 0 Å². The van der Waals surface area contributed by atoms with E-state index in [1.807, 2.05) is 18.2 Å². The van der Waals surface area contributed by atoms with Crippen LogP contribution in [0.25, 0.3) is 0 Å². The maximum atomic E-state index is 11.3. The Hall–Kier alpha value is -1.35. The molecular weight excluding hydrogens is 204 g/mol. The van der Waals surface area contributed by atoms with E-state index in [9.17, 15) is 9.90 Å². The zero-order valence-corrected chi connectivity index (χ0v) is 9.56. The molecule has 3 heteroatoms. The number of fused-ring (bicyclic) bond motifs is 1. The van der Waals surface area contributed by atoms with Crippen molar-refractivity contribution in [2.45, 2.75) is 32.3 Å². The van der Waals surface area contributed by atoms with Gasteiger partial charge in [-0.3, -0.25) is 4.79 Å². The third-order valence-electron chi connectivity index (χ3n) is 3.18. The molecule has 0 spiro atoms. The van der Waals surface area contributed by atoms with Crippen molar-refractivity contribution in [3.8, 4) is 5.75 Å². The van der Waals surface area contributed by atoms with Crippen LogP contribution in [-0.4, -0.2) is 17.5 Å². The molecule has 0 radical (unpaired) electrons. The van der Waals surface area contributed by atoms with Gasteiger partial charge in [-0.25, -0.2) is 0 Å². The van der Waals surface area contributed by atoms with Crippen LogP contribution >= 0.6 is 0 Å². The number of benzene rings is 1. The molecule has 1 aromatic carbocycles. The standard InChI is InChI=1S/C13H16O3/c1-3-8(2)9-4-5-12-10(6-9)13(15)11(14)7-16-12/h4-6,8,13,15H,3,7H2,1-2H3. The summed E-state index contributed by atoms with van der Waals surface area (Å²) in [6, 6.07) is 5.72. The van der Waals surface area contributed by atoms with Gasteiger partial charge in [0.25, 0.3) is 0 Å². The van der Waals surface area contributed by atoms with Crippen molar-refractivity contribution >= 4 is 5.78 Å². The first-order valence-electron chi connectivity index (χ1n) is 5.61. The Morgan fingerprint density at radius 1 is 1.56 bits per heavy atom. The van der Waals surface area contributed by atoms with Gasteiger partial charge in [-0.15, -0.1) is 0 Å². The van der Waals surface area contributed by atoms with Gasteiger partial charge >= 0.3 is 0 Å². The summed E-state index contributed by atoms with van der Waals surface area (Å²) in [5.74, 6) is 0.780. The van der Waals surface area contributed by atoms with Crippen molar-refractivity contribution in [2.75, 3.05) is 6.61 Å². The molecule has 3 nitrogen and oxygen atoms in total. The van der Waals surface area contributed by atoms with Crippen LogP contribution in [0.4, 0.5) is 0 Å². The van der Waals surface area contributed by atoms with Crippen LogP contribution in [-0.2, 0) is 4.79 Å². The van der Waals surface area contributed by atoms with Gasteiger partial charge in [0.2, 0.25) is 5.78 Å². The molecule has 2 rings (SSSR count). The van der Waals surface area contributed by atoms with E-state index >= 15 is 0 Å². The summed E-state index contributed by atoms with van der Waals surface area (Å²) in [6.07, 6.45) is 0.0108. The highest BCUT2D eigenvalue weighted by atomic mass is 16.5. The molecule has 1 aliphatic rings. The molecule has 1 heterocycles. The van der Waals surface area contributed by atoms with Crippen molar-refractivity contribution in [1.82, 2.24) is 0 Å². The lowest BCUT2D eigenvalue weighted by Gasteiger charge is -2.22. The van der Waals surface area contributed by atoms with Crippen LogP contribution < -0.4 is 4.74 Å². The van der Waals surface area contributed by atoms with Gasteiger partial charge < -0.3 is 9.84 Å². The van der Waals surface area contributed by atoms with E-state index in [4.69, 9.17) is 4.74 Å². The van der Waals surface area contributed by atoms with Crippen LogP contribution in [0.5, 0.6) is 5.75 Å². The van der Waals surface area contributed by atoms with E-state index in [-0.39, 0.29) is 12.4 Å². The highest BCUT2D eigenvalue weighted by molar-refractivity contribution is 5.87. The van der Waals surface area contributed by atoms with Gasteiger partial charge in [0.1, 0.15) is 18.5 Å². The first kappa shape index (κ1) is 11.1. The molecule has 86 valence electrons. The van der Waals surface area contributed by atoms with Gasteiger partial charge in [-0.2, -0.15) is 0 Å². The second-order valence-corrected chi connectivity index (χ2v) is 4.26. The molecule has 2 atom stereocenters. The van der Waals surface area contributed by atoms with Crippen molar-refractivity contribution in [2.24, 2.45) is 0 Å². The van der Waals surface area contributed by atoms with Gasteiger partial charge in [0.05, 0.1) is 0 Å². The number of hydrogen-bond donors (Lipinski definition) is 1. The molecule has 0 saturated heterocycles. The minimum absolute atomic E-state index is 0.0309. The fourth-order valence-corrected chi connectivity index (χ4v) is 1.86. The lowest BCUT2D eigenvalue weighted by molar-refractivity contribution is -0.131. The van der Waals surface area contributed by atoms with Crippen LogP contribution in [0.2, 0.25) is 0 Å². The minimum atomic E-state index is -1.02. The lowest BCUT2D eigenvalue weighted by atomic mass is 9.93. The Balaban J connectivity index is 2.40. The molecule has 1 N–H and O–H groups in total. The second-order valence-electron chi connectivity index (χ2n) is 4.26. The van der Waals surface area contributed by atoms with Crippen molar-refractivity contribution in [3.05, 3.63) is 29.3 Å². The molecule has 16 heavy (non-hydrogen) atoms. The average molecular weight is 220 g/mol. The van der Waals surface area contributed by atoms with Gasteiger partial charge in [0, 0.05) is 5.56 Å². The van der Waals surface area contributed by atoms with E-state index < -0.39 is 6.10 Å². The summed E-state index contributed by atoms with van der Waals surface area (Å²) in [5, 5.41) is 9.78. The Labute approximate surface area is 95.0 Å². The number of Topliss-reactive ketones (excluding diaryl/α,β-unsaturated/α-hetero) is 1. The number of carbonyl (C=O) groups is 1. The average Bonchev–Trinajstić information content (AvgIpc) is 2.32. The quantitative estimate of drug-likeness (QED) is 0.831. The Bertz CT molecular complexity index is 412. The number of ketones is 1. The number of aliphatic hydroxyl groups is 1. The third-order valence-corrected chi connectivity index (χ3v) is 3.18. The summed E-state index contributed by atoms with van der Waals surface area (Å²) in [5.41, 5.74) is 1.74. The minimum Gasteiger partial charge on any atom is -0.485 e. The predicted molar refractivity (Wildman–Crippen MR) is 60.6 cm³/mol. The summed E-state index contributed by atoms with van der Waals surface area (Å²) in [7, 11) is 0. The normalized spacial score (nSPS) is 21.2. The van der Waals surface area contributed by atoms with E-state index in [0.29, 0.717) is 17.2 Å². The maximum Gasteiger partial charge on any atom is 0.203 e. The van der Waals surface area contributed by atoms with E-state index in [2.05, 4.69) is 13.8 Å². The zero-order chi connectivity index (χ0) is 11.7. The molecule has 1 aromatic rings. The summed E-state index contributed by atoms with van der Waals surface area (Å²) < 4.78 is 5.26. The smallest absolute Gasteiger partial charge is 0.203 e. The van der Waals surface area contributed by atoms with E-state index in [1.165, 1.54) is 0 Å². The first-order chi connectivity index (χ1) is 7.63. The summed E-state index contributed by atoms with van der Waals surface area (Å²) in [4.78, 5) is 11.3. The SMILES string of the molecule is CCC(C)c1ccc2c(c1)C(O)C(=O)CO2. The maximum absolute atomic E-state index is 11.3. The topological polar surface area (TPSA) is 46.5 Å². The second kappa shape index (κ2) is 4.26. The van der Waals surface area contributed by atoms with Gasteiger partial charge in [-0.05, 0) is 30.0 Å². The Kier molecular flexibility index (Phi) is 2.97. The van der Waals surface area contributed by atoms with Gasteiger partial charge in [-0.1, -0.05) is 19.9 Å². The fourth-order valence-electron chi connectivity index (χ4n) is 1.86. The highest BCUT2D eigenvalue weighted by Gasteiger charge is 2.27. The molecule has 2 unspecified atom stereocenters. The zero-order valence-electron chi connectivity index (χ0n) is 9.56. The highest BCUT2D eigenvalue weighted by Crippen LogP contribution is 2.33. The summed E-state index contributed by atoms with van der Waals surface area (Å²) >= 11 is 0. The Morgan fingerprint density at radius 3 is 3.00 bits per heavy atom. The van der Waals surface area contributed by atoms with E-state index in [1.54, 1.807) is 0 Å². The van der Waals surface area contributed by atoms with Gasteiger partial charge in [0.15, 0.2) is 0 Å². The molecular formula is C13H16O3. The first-order valence-corrected chi connectivity index (χ1v) is 5.61. The number of hydrogen-bond acceptors (Lipinski definition) is 3. The largest absolute Gasteiger partial charge is 0.485 e. The molecule has 0 fully saturated rings. The molecule has 0 amide bonds. The van der Waals surface area contributed by atoms with Crippen molar-refractivity contribution in [1.29, 1.82) is 0 Å². The monoisotopic (exact) mass is 220 g/mol. The van der Waals surface area contributed by atoms with Crippen LogP contribution in [0.15, 0.2) is 18.2 Å². The molecule has 1 aliphatic heterocycles. The number of rotatable bonds is 2. The van der Waals surface area contributed by atoms with Crippen molar-refractivity contribution in [3.63, 3.8) is 0 Å². The van der Waals surface area contributed by atoms with Crippen LogP contribution in [0, 0.1) is 0 Å². The lowest BCUT2D eigenvalue weighted by Crippen LogP contribution is -2.25. The van der Waals surface area contributed by atoms with E-state index in [0.717, 1.165) is 12.0 Å². The molecule has 0 aromatic heterocycles. The third kappa shape index (κ3) is 1.83. The molecule has 0 bridgehead atoms. The fraction of sp³-hybridized carbons (Fsp3) is 0.462. The van der Waals surface area contributed by atoms with Crippen molar-refractivity contribution < 1.29 is 14.6 Å². The number of ether oxygens (including phenoxy) is 1. The molecule has 0 saturated carbocycles. The van der Waals surface area contributed by atoms with Crippen LogP contribution in [0.1, 0.15) is 43.4 Å².